The van der Waals surface area contributed by atoms with E-state index in [4.69, 9.17) is 4.74 Å². The molecule has 1 spiro atoms. The van der Waals surface area contributed by atoms with E-state index in [0.29, 0.717) is 19.4 Å². The summed E-state index contributed by atoms with van der Waals surface area (Å²) in [5.74, 6) is 0.478. The van der Waals surface area contributed by atoms with E-state index in [2.05, 4.69) is 4.98 Å². The van der Waals surface area contributed by atoms with Crippen LogP contribution < -0.4 is 0 Å². The minimum atomic E-state index is 0.189. The van der Waals surface area contributed by atoms with Crippen LogP contribution in [0.25, 0.3) is 0 Å². The standard InChI is InChI=1S/C20H31N3O3S/c1-15-17(27-16(2)21-15)13-19(25)22-10-7-20(8-11-22)6-5-18(24)23(14-20)9-4-12-26-3/h4-14H2,1-3H3. The quantitative estimate of drug-likeness (QED) is 0.697. The third kappa shape index (κ3) is 4.88. The first-order valence-corrected chi connectivity index (χ1v) is 10.7. The summed E-state index contributed by atoms with van der Waals surface area (Å²) in [4.78, 5) is 34.5. The fourth-order valence-corrected chi connectivity index (χ4v) is 5.26. The topological polar surface area (TPSA) is 62.7 Å². The molecular formula is C20H31N3O3S. The van der Waals surface area contributed by atoms with Crippen molar-refractivity contribution in [2.24, 2.45) is 5.41 Å². The molecule has 6 nitrogen and oxygen atoms in total. The molecular weight excluding hydrogens is 362 g/mol. The van der Waals surface area contributed by atoms with Crippen LogP contribution in [0.15, 0.2) is 0 Å². The van der Waals surface area contributed by atoms with Gasteiger partial charge in [-0.25, -0.2) is 4.98 Å². The zero-order valence-electron chi connectivity index (χ0n) is 16.8. The fraction of sp³-hybridized carbons (Fsp3) is 0.750. The Kier molecular flexibility index (Phi) is 6.52. The van der Waals surface area contributed by atoms with Crippen molar-refractivity contribution >= 4 is 23.2 Å². The number of methoxy groups -OCH3 is 1. The maximum Gasteiger partial charge on any atom is 0.227 e. The van der Waals surface area contributed by atoms with Gasteiger partial charge in [-0.2, -0.15) is 0 Å². The van der Waals surface area contributed by atoms with Gasteiger partial charge < -0.3 is 14.5 Å². The highest BCUT2D eigenvalue weighted by Gasteiger charge is 2.41. The number of thiazole rings is 1. The molecule has 0 unspecified atom stereocenters. The third-order valence-corrected chi connectivity index (χ3v) is 7.09. The van der Waals surface area contributed by atoms with Gasteiger partial charge in [0.05, 0.1) is 17.1 Å². The first-order valence-electron chi connectivity index (χ1n) is 9.90. The number of aryl methyl sites for hydroxylation is 2. The highest BCUT2D eigenvalue weighted by Crippen LogP contribution is 2.40. The zero-order valence-corrected chi connectivity index (χ0v) is 17.6. The molecule has 3 heterocycles. The van der Waals surface area contributed by atoms with Gasteiger partial charge in [-0.15, -0.1) is 11.3 Å². The Bertz CT molecular complexity index is 680. The van der Waals surface area contributed by atoms with Gasteiger partial charge in [0.1, 0.15) is 0 Å². The van der Waals surface area contributed by atoms with Crippen molar-refractivity contribution in [3.8, 4) is 0 Å². The van der Waals surface area contributed by atoms with Gasteiger partial charge in [-0.05, 0) is 44.9 Å². The molecule has 3 rings (SSSR count). The predicted octanol–water partition coefficient (Wildman–Crippen LogP) is 2.57. The number of aromatic nitrogens is 1. The van der Waals surface area contributed by atoms with Crippen LogP contribution in [0.1, 0.15) is 47.7 Å². The second-order valence-corrected chi connectivity index (χ2v) is 9.25. The van der Waals surface area contributed by atoms with E-state index in [1.54, 1.807) is 18.4 Å². The van der Waals surface area contributed by atoms with Crippen molar-refractivity contribution < 1.29 is 14.3 Å². The van der Waals surface area contributed by atoms with Crippen molar-refractivity contribution in [3.05, 3.63) is 15.6 Å². The summed E-state index contributed by atoms with van der Waals surface area (Å²) in [5, 5.41) is 1.02. The lowest BCUT2D eigenvalue weighted by Gasteiger charge is -2.47. The van der Waals surface area contributed by atoms with Crippen LogP contribution >= 0.6 is 11.3 Å². The molecule has 27 heavy (non-hydrogen) atoms. The van der Waals surface area contributed by atoms with E-state index < -0.39 is 0 Å². The van der Waals surface area contributed by atoms with E-state index in [0.717, 1.165) is 67.4 Å². The summed E-state index contributed by atoms with van der Waals surface area (Å²) in [6.45, 7) is 7.88. The first-order chi connectivity index (χ1) is 12.9. The Labute approximate surface area is 165 Å². The van der Waals surface area contributed by atoms with Gasteiger partial charge in [0.2, 0.25) is 11.8 Å². The molecule has 0 N–H and O–H groups in total. The lowest BCUT2D eigenvalue weighted by Crippen LogP contribution is -2.52. The molecule has 2 fully saturated rings. The molecule has 0 bridgehead atoms. The number of likely N-dealkylation sites (tertiary alicyclic amines) is 2. The molecule has 0 atom stereocenters. The van der Waals surface area contributed by atoms with E-state index in [9.17, 15) is 9.59 Å². The second kappa shape index (κ2) is 8.69. The Morgan fingerprint density at radius 1 is 1.26 bits per heavy atom. The number of nitrogens with zero attached hydrogens (tertiary/aromatic N) is 3. The molecule has 2 aliphatic heterocycles. The van der Waals surface area contributed by atoms with Crippen LogP contribution in [-0.2, 0) is 20.7 Å². The van der Waals surface area contributed by atoms with Gasteiger partial charge in [0, 0.05) is 51.2 Å². The largest absolute Gasteiger partial charge is 0.385 e. The summed E-state index contributed by atoms with van der Waals surface area (Å²) in [7, 11) is 1.70. The molecule has 1 aromatic rings. The highest BCUT2D eigenvalue weighted by atomic mass is 32.1. The molecule has 0 radical (unpaired) electrons. The summed E-state index contributed by atoms with van der Waals surface area (Å²) in [6.07, 6.45) is 4.94. The van der Waals surface area contributed by atoms with Crippen LogP contribution in [-0.4, -0.2) is 66.5 Å². The van der Waals surface area contributed by atoms with Crippen molar-refractivity contribution in [2.45, 2.75) is 52.4 Å². The van der Waals surface area contributed by atoms with Gasteiger partial charge >= 0.3 is 0 Å². The molecule has 2 amide bonds. The van der Waals surface area contributed by atoms with Crippen LogP contribution in [0.2, 0.25) is 0 Å². The number of carbonyl (C=O) groups excluding carboxylic acids is 2. The summed E-state index contributed by atoms with van der Waals surface area (Å²) in [6, 6.07) is 0. The average Bonchev–Trinajstić information content (AvgIpc) is 2.96. The Hall–Kier alpha value is -1.47. The normalized spacial score (nSPS) is 19.7. The number of rotatable bonds is 6. The van der Waals surface area contributed by atoms with E-state index in [1.165, 1.54) is 0 Å². The third-order valence-electron chi connectivity index (χ3n) is 6.01. The van der Waals surface area contributed by atoms with Crippen molar-refractivity contribution in [1.82, 2.24) is 14.8 Å². The smallest absolute Gasteiger partial charge is 0.227 e. The Balaban J connectivity index is 1.53. The molecule has 2 aliphatic rings. The molecule has 150 valence electrons. The number of hydrogen-bond donors (Lipinski definition) is 0. The molecule has 0 aromatic carbocycles. The maximum atomic E-state index is 12.7. The zero-order chi connectivity index (χ0) is 19.4. The average molecular weight is 394 g/mol. The number of hydrogen-bond acceptors (Lipinski definition) is 5. The van der Waals surface area contributed by atoms with Crippen molar-refractivity contribution in [1.29, 1.82) is 0 Å². The van der Waals surface area contributed by atoms with Gasteiger partial charge in [-0.3, -0.25) is 9.59 Å². The van der Waals surface area contributed by atoms with Gasteiger partial charge in [0.25, 0.3) is 0 Å². The minimum absolute atomic E-state index is 0.189. The number of ether oxygens (including phenoxy) is 1. The monoisotopic (exact) mass is 393 g/mol. The lowest BCUT2D eigenvalue weighted by molar-refractivity contribution is -0.142. The van der Waals surface area contributed by atoms with Crippen LogP contribution in [0, 0.1) is 19.3 Å². The van der Waals surface area contributed by atoms with E-state index in [-0.39, 0.29) is 17.2 Å². The molecule has 2 saturated heterocycles. The SMILES string of the molecule is COCCCN1CC2(CCC1=O)CCN(C(=O)Cc1sc(C)nc1C)CC2. The summed E-state index contributed by atoms with van der Waals surface area (Å²) in [5.41, 5.74) is 1.17. The van der Waals surface area contributed by atoms with Crippen molar-refractivity contribution in [2.75, 3.05) is 39.9 Å². The van der Waals surface area contributed by atoms with E-state index in [1.807, 2.05) is 23.6 Å². The summed E-state index contributed by atoms with van der Waals surface area (Å²) < 4.78 is 5.12. The Morgan fingerprint density at radius 2 is 2.00 bits per heavy atom. The fourth-order valence-electron chi connectivity index (χ4n) is 4.33. The lowest BCUT2D eigenvalue weighted by atomic mass is 9.72. The van der Waals surface area contributed by atoms with Gasteiger partial charge in [-0.1, -0.05) is 0 Å². The van der Waals surface area contributed by atoms with Crippen LogP contribution in [0.4, 0.5) is 0 Å². The first kappa shape index (κ1) is 20.3. The maximum absolute atomic E-state index is 12.7. The molecule has 7 heteroatoms. The molecule has 0 saturated carbocycles. The number of amides is 2. The molecule has 0 aliphatic carbocycles. The molecule has 1 aromatic heterocycles. The Morgan fingerprint density at radius 3 is 2.63 bits per heavy atom. The van der Waals surface area contributed by atoms with E-state index >= 15 is 0 Å². The van der Waals surface area contributed by atoms with Crippen LogP contribution in [0.3, 0.4) is 0 Å². The summed E-state index contributed by atoms with van der Waals surface area (Å²) >= 11 is 1.63. The van der Waals surface area contributed by atoms with Crippen molar-refractivity contribution in [3.63, 3.8) is 0 Å². The highest BCUT2D eigenvalue weighted by molar-refractivity contribution is 7.11. The predicted molar refractivity (Wildman–Crippen MR) is 106 cm³/mol. The number of piperidine rings is 2. The van der Waals surface area contributed by atoms with Crippen LogP contribution in [0.5, 0.6) is 0 Å². The minimum Gasteiger partial charge on any atom is -0.385 e. The van der Waals surface area contributed by atoms with Gasteiger partial charge in [0.15, 0.2) is 0 Å². The number of carbonyl (C=O) groups is 2. The second-order valence-electron chi connectivity index (χ2n) is 7.96.